The Hall–Kier alpha value is -0.980. The second kappa shape index (κ2) is 5.20. The minimum Gasteiger partial charge on any atom is -0.477 e. The molecule has 1 unspecified atom stereocenters. The summed E-state index contributed by atoms with van der Waals surface area (Å²) in [7, 11) is 1.51. The average Bonchev–Trinajstić information content (AvgIpc) is 2.61. The second-order valence-electron chi connectivity index (χ2n) is 3.20. The maximum absolute atomic E-state index is 10.9. The molecule has 0 aliphatic carbocycles. The van der Waals surface area contributed by atoms with Gasteiger partial charge in [0.1, 0.15) is 4.88 Å². The highest BCUT2D eigenvalue weighted by molar-refractivity contribution is 7.13. The molecule has 0 spiro atoms. The number of nitrogens with two attached hydrogens (primary N) is 1. The van der Waals surface area contributed by atoms with Crippen molar-refractivity contribution in [3.63, 3.8) is 0 Å². The van der Waals surface area contributed by atoms with Gasteiger partial charge in [-0.1, -0.05) is 6.92 Å². The van der Waals surface area contributed by atoms with E-state index >= 15 is 0 Å². The Morgan fingerprint density at radius 2 is 2.40 bits per heavy atom. The number of hydrogen-bond donors (Lipinski definition) is 2. The Morgan fingerprint density at radius 3 is 2.87 bits per heavy atom. The summed E-state index contributed by atoms with van der Waals surface area (Å²) in [6, 6.07) is 0. The van der Waals surface area contributed by atoms with E-state index in [-0.39, 0.29) is 17.4 Å². The van der Waals surface area contributed by atoms with Crippen LogP contribution in [0, 0.1) is 0 Å². The number of rotatable bonds is 5. The van der Waals surface area contributed by atoms with E-state index in [2.05, 4.69) is 4.98 Å². The summed E-state index contributed by atoms with van der Waals surface area (Å²) >= 11 is 1.17. The van der Waals surface area contributed by atoms with E-state index in [4.69, 9.17) is 15.6 Å². The Balaban J connectivity index is 3.03. The van der Waals surface area contributed by atoms with Gasteiger partial charge in [0.2, 0.25) is 0 Å². The highest BCUT2D eigenvalue weighted by atomic mass is 32.1. The average molecular weight is 230 g/mol. The van der Waals surface area contributed by atoms with Crippen molar-refractivity contribution in [2.45, 2.75) is 19.4 Å². The maximum atomic E-state index is 10.9. The van der Waals surface area contributed by atoms with Crippen LogP contribution in [0.5, 0.6) is 0 Å². The first-order valence-electron chi connectivity index (χ1n) is 4.52. The Bertz CT molecular complexity index is 351. The topological polar surface area (TPSA) is 85.4 Å². The summed E-state index contributed by atoms with van der Waals surface area (Å²) in [6.07, 6.45) is 0. The van der Waals surface area contributed by atoms with Gasteiger partial charge < -0.3 is 15.6 Å². The van der Waals surface area contributed by atoms with Gasteiger partial charge in [-0.3, -0.25) is 0 Å². The number of aromatic carboxylic acids is 1. The lowest BCUT2D eigenvalue weighted by Gasteiger charge is -2.01. The molecule has 1 atom stereocenters. The number of nitrogens with zero attached hydrogens (tertiary/aromatic N) is 1. The molecule has 1 rings (SSSR count). The zero-order valence-electron chi connectivity index (χ0n) is 8.69. The molecule has 0 amide bonds. The van der Waals surface area contributed by atoms with Gasteiger partial charge in [0.05, 0.1) is 17.3 Å². The van der Waals surface area contributed by atoms with E-state index in [0.29, 0.717) is 12.2 Å². The molecule has 0 saturated heterocycles. The van der Waals surface area contributed by atoms with Crippen LogP contribution in [0.15, 0.2) is 0 Å². The van der Waals surface area contributed by atoms with Gasteiger partial charge in [-0.05, 0) is 0 Å². The number of carboxylic acids is 1. The van der Waals surface area contributed by atoms with Crippen LogP contribution in [-0.2, 0) is 11.3 Å². The van der Waals surface area contributed by atoms with Gasteiger partial charge in [-0.15, -0.1) is 11.3 Å². The van der Waals surface area contributed by atoms with Gasteiger partial charge in [0.15, 0.2) is 0 Å². The van der Waals surface area contributed by atoms with Crippen molar-refractivity contribution < 1.29 is 14.6 Å². The van der Waals surface area contributed by atoms with E-state index in [1.165, 1.54) is 18.4 Å². The molecule has 0 fully saturated rings. The predicted molar refractivity (Wildman–Crippen MR) is 57.3 cm³/mol. The van der Waals surface area contributed by atoms with Crippen molar-refractivity contribution in [1.29, 1.82) is 0 Å². The highest BCUT2D eigenvalue weighted by Gasteiger charge is 2.19. The van der Waals surface area contributed by atoms with Gasteiger partial charge in [-0.2, -0.15) is 0 Å². The van der Waals surface area contributed by atoms with Crippen molar-refractivity contribution in [1.82, 2.24) is 4.98 Å². The third kappa shape index (κ3) is 2.74. The van der Waals surface area contributed by atoms with Crippen LogP contribution in [0.2, 0.25) is 0 Å². The summed E-state index contributed by atoms with van der Waals surface area (Å²) in [4.78, 5) is 15.4. The minimum atomic E-state index is -0.963. The molecule has 0 aliphatic rings. The highest BCUT2D eigenvalue weighted by Crippen LogP contribution is 2.25. The second-order valence-corrected chi connectivity index (χ2v) is 4.23. The van der Waals surface area contributed by atoms with Crippen molar-refractivity contribution >= 4 is 17.3 Å². The van der Waals surface area contributed by atoms with Gasteiger partial charge in [0.25, 0.3) is 0 Å². The Morgan fingerprint density at radius 1 is 1.73 bits per heavy atom. The van der Waals surface area contributed by atoms with Crippen LogP contribution < -0.4 is 5.73 Å². The minimum absolute atomic E-state index is 0.0821. The first kappa shape index (κ1) is 12.1. The van der Waals surface area contributed by atoms with Gasteiger partial charge in [-0.25, -0.2) is 9.78 Å². The van der Waals surface area contributed by atoms with Gasteiger partial charge >= 0.3 is 5.97 Å². The van der Waals surface area contributed by atoms with Crippen molar-refractivity contribution in [3.8, 4) is 0 Å². The lowest BCUT2D eigenvalue weighted by Crippen LogP contribution is -2.08. The van der Waals surface area contributed by atoms with E-state index in [0.717, 1.165) is 5.01 Å². The Labute approximate surface area is 91.9 Å². The van der Waals surface area contributed by atoms with Crippen LogP contribution in [0.25, 0.3) is 0 Å². The summed E-state index contributed by atoms with van der Waals surface area (Å²) in [5.74, 6) is -0.881. The Kier molecular flexibility index (Phi) is 4.19. The first-order chi connectivity index (χ1) is 7.10. The molecule has 15 heavy (non-hydrogen) atoms. The molecule has 3 N–H and O–H groups in total. The standard InChI is InChI=1S/C9H14N2O3S/c1-5(3-10)8-11-6(4-14-2)7(15-8)9(12)13/h5H,3-4,10H2,1-2H3,(H,12,13). The monoisotopic (exact) mass is 230 g/mol. The first-order valence-corrected chi connectivity index (χ1v) is 5.33. The molecule has 6 heteroatoms. The number of carbonyl (C=O) groups is 1. The smallest absolute Gasteiger partial charge is 0.347 e. The van der Waals surface area contributed by atoms with Crippen LogP contribution in [0.4, 0.5) is 0 Å². The number of aromatic nitrogens is 1. The fraction of sp³-hybridized carbons (Fsp3) is 0.556. The lowest BCUT2D eigenvalue weighted by atomic mass is 10.2. The quantitative estimate of drug-likeness (QED) is 0.789. The fourth-order valence-corrected chi connectivity index (χ4v) is 2.06. The van der Waals surface area contributed by atoms with Crippen LogP contribution >= 0.6 is 11.3 Å². The van der Waals surface area contributed by atoms with Crippen LogP contribution in [0.1, 0.15) is 33.2 Å². The van der Waals surface area contributed by atoms with E-state index in [1.54, 1.807) is 0 Å². The van der Waals surface area contributed by atoms with E-state index in [9.17, 15) is 4.79 Å². The molecule has 84 valence electrons. The zero-order chi connectivity index (χ0) is 11.4. The fourth-order valence-electron chi connectivity index (χ4n) is 1.08. The molecule has 5 nitrogen and oxygen atoms in total. The number of hydrogen-bond acceptors (Lipinski definition) is 5. The molecule has 0 saturated carbocycles. The number of carboxylic acid groups (broad SMARTS) is 1. The molecule has 0 bridgehead atoms. The molecule has 0 aliphatic heterocycles. The summed E-state index contributed by atoms with van der Waals surface area (Å²) in [5, 5.41) is 9.70. The summed E-state index contributed by atoms with van der Waals surface area (Å²) in [5.41, 5.74) is 5.98. The van der Waals surface area contributed by atoms with Gasteiger partial charge in [0, 0.05) is 19.6 Å². The van der Waals surface area contributed by atoms with Crippen LogP contribution in [-0.4, -0.2) is 29.7 Å². The van der Waals surface area contributed by atoms with E-state index < -0.39 is 5.97 Å². The molecule has 0 aromatic carbocycles. The van der Waals surface area contributed by atoms with Crippen molar-refractivity contribution in [2.24, 2.45) is 5.73 Å². The molecular formula is C9H14N2O3S. The normalized spacial score (nSPS) is 12.7. The summed E-state index contributed by atoms with van der Waals surface area (Å²) < 4.78 is 4.90. The van der Waals surface area contributed by atoms with Crippen LogP contribution in [0.3, 0.4) is 0 Å². The predicted octanol–water partition coefficient (Wildman–Crippen LogP) is 1.05. The molecule has 1 aromatic rings. The molecule has 0 radical (unpaired) electrons. The number of methoxy groups -OCH3 is 1. The van der Waals surface area contributed by atoms with Crippen molar-refractivity contribution in [2.75, 3.05) is 13.7 Å². The zero-order valence-corrected chi connectivity index (χ0v) is 9.50. The third-order valence-electron chi connectivity index (χ3n) is 1.96. The van der Waals surface area contributed by atoms with E-state index in [1.807, 2.05) is 6.92 Å². The summed E-state index contributed by atoms with van der Waals surface area (Å²) in [6.45, 7) is 2.59. The number of thiazole rings is 1. The molecule has 1 heterocycles. The largest absolute Gasteiger partial charge is 0.477 e. The number of ether oxygens (including phenoxy) is 1. The molecular weight excluding hydrogens is 216 g/mol. The SMILES string of the molecule is COCc1nc(C(C)CN)sc1C(=O)O. The third-order valence-corrected chi connectivity index (χ3v) is 3.28. The maximum Gasteiger partial charge on any atom is 0.347 e. The van der Waals surface area contributed by atoms with Crippen molar-refractivity contribution in [3.05, 3.63) is 15.6 Å². The lowest BCUT2D eigenvalue weighted by molar-refractivity contribution is 0.0697. The molecule has 1 aromatic heterocycles.